The van der Waals surface area contributed by atoms with Gasteiger partial charge in [-0.05, 0) is 35.9 Å². The summed E-state index contributed by atoms with van der Waals surface area (Å²) >= 11 is 0. The maximum absolute atomic E-state index is 9.38. The Kier molecular flexibility index (Phi) is 3.88. The number of ether oxygens (including phenoxy) is 1. The van der Waals surface area contributed by atoms with Gasteiger partial charge in [-0.3, -0.25) is 0 Å². The summed E-state index contributed by atoms with van der Waals surface area (Å²) in [6, 6.07) is 17.8. The second-order valence-electron chi connectivity index (χ2n) is 4.92. The number of allylic oxidation sites excluding steroid dienone is 1. The second-order valence-corrected chi connectivity index (χ2v) is 4.92. The number of benzene rings is 2. The lowest BCUT2D eigenvalue weighted by Gasteiger charge is -2.04. The summed E-state index contributed by atoms with van der Waals surface area (Å²) < 4.78 is 7.12. The van der Waals surface area contributed by atoms with Gasteiger partial charge < -0.3 is 9.30 Å². The average molecular weight is 289 g/mol. The molecule has 4 heteroatoms. The summed E-state index contributed by atoms with van der Waals surface area (Å²) in [5.74, 6) is 0.802. The molecule has 22 heavy (non-hydrogen) atoms. The van der Waals surface area contributed by atoms with Gasteiger partial charge in [0.1, 0.15) is 5.75 Å². The van der Waals surface area contributed by atoms with Crippen molar-refractivity contribution in [1.29, 1.82) is 5.26 Å². The van der Waals surface area contributed by atoms with Crippen LogP contribution in [0, 0.1) is 11.3 Å². The van der Waals surface area contributed by atoms with E-state index in [0.717, 1.165) is 22.3 Å². The molecule has 0 fully saturated rings. The highest BCUT2D eigenvalue weighted by Crippen LogP contribution is 2.17. The quantitative estimate of drug-likeness (QED) is 0.689. The Hall–Kier alpha value is -3.06. The van der Waals surface area contributed by atoms with E-state index in [4.69, 9.17) is 4.74 Å². The molecule has 2 aromatic carbocycles. The molecule has 0 amide bonds. The maximum atomic E-state index is 9.38. The molecule has 0 radical (unpaired) electrons. The minimum atomic E-state index is 0.503. The van der Waals surface area contributed by atoms with Crippen LogP contribution in [-0.2, 0) is 6.54 Å². The highest BCUT2D eigenvalue weighted by molar-refractivity contribution is 5.75. The van der Waals surface area contributed by atoms with Crippen molar-refractivity contribution in [3.63, 3.8) is 0 Å². The summed E-state index contributed by atoms with van der Waals surface area (Å²) in [5, 5.41) is 9.38. The number of methoxy groups -OCH3 is 1. The molecule has 0 bridgehead atoms. The third-order valence-electron chi connectivity index (χ3n) is 3.47. The van der Waals surface area contributed by atoms with Crippen LogP contribution in [0.15, 0.2) is 60.4 Å². The van der Waals surface area contributed by atoms with Gasteiger partial charge in [0.25, 0.3) is 0 Å². The van der Waals surface area contributed by atoms with Gasteiger partial charge in [-0.15, -0.1) is 0 Å². The largest absolute Gasteiger partial charge is 0.497 e. The van der Waals surface area contributed by atoms with Crippen molar-refractivity contribution in [2.45, 2.75) is 6.54 Å². The lowest BCUT2D eigenvalue weighted by molar-refractivity contribution is 0.415. The summed E-state index contributed by atoms with van der Waals surface area (Å²) in [5.41, 5.74) is 3.61. The first-order valence-electron chi connectivity index (χ1n) is 6.95. The summed E-state index contributed by atoms with van der Waals surface area (Å²) in [6.07, 6.45) is 3.65. The SMILES string of the molecule is COc1ccc(/C=C(/C#N)Cn2cnc3ccccc32)cc1. The van der Waals surface area contributed by atoms with Crippen molar-refractivity contribution in [1.82, 2.24) is 9.55 Å². The van der Waals surface area contributed by atoms with Gasteiger partial charge >= 0.3 is 0 Å². The normalized spacial score (nSPS) is 11.4. The van der Waals surface area contributed by atoms with Crippen molar-refractivity contribution in [3.05, 3.63) is 66.0 Å². The first kappa shape index (κ1) is 13.9. The third-order valence-corrected chi connectivity index (χ3v) is 3.47. The van der Waals surface area contributed by atoms with E-state index >= 15 is 0 Å². The number of imidazole rings is 1. The van der Waals surface area contributed by atoms with Crippen LogP contribution in [0.1, 0.15) is 5.56 Å². The van der Waals surface area contributed by atoms with Crippen molar-refractivity contribution in [2.24, 2.45) is 0 Å². The molecular weight excluding hydrogens is 274 g/mol. The molecule has 108 valence electrons. The average Bonchev–Trinajstić information content (AvgIpc) is 2.98. The van der Waals surface area contributed by atoms with Gasteiger partial charge in [-0.25, -0.2) is 4.98 Å². The van der Waals surface area contributed by atoms with Crippen molar-refractivity contribution < 1.29 is 4.74 Å². The number of hydrogen-bond donors (Lipinski definition) is 0. The second kappa shape index (κ2) is 6.15. The standard InChI is InChI=1S/C18H15N3O/c1-22-16-8-6-14(7-9-16)10-15(11-19)12-21-13-20-17-4-2-3-5-18(17)21/h2-10,13H,12H2,1H3/b15-10-. The van der Waals surface area contributed by atoms with Gasteiger partial charge in [-0.2, -0.15) is 5.26 Å². The first-order valence-corrected chi connectivity index (χ1v) is 6.95. The van der Waals surface area contributed by atoms with E-state index in [1.807, 2.05) is 59.2 Å². The number of aromatic nitrogens is 2. The third kappa shape index (κ3) is 2.84. The number of fused-ring (bicyclic) bond motifs is 1. The minimum Gasteiger partial charge on any atom is -0.497 e. The zero-order valence-electron chi connectivity index (χ0n) is 12.2. The Morgan fingerprint density at radius 1 is 1.23 bits per heavy atom. The predicted molar refractivity (Wildman–Crippen MR) is 86.3 cm³/mol. The van der Waals surface area contributed by atoms with E-state index in [9.17, 15) is 5.26 Å². The van der Waals surface area contributed by atoms with Gasteiger partial charge in [0.05, 0.1) is 37.1 Å². The number of nitrogens with zero attached hydrogens (tertiary/aromatic N) is 3. The van der Waals surface area contributed by atoms with Crippen LogP contribution in [0.2, 0.25) is 0 Å². The van der Waals surface area contributed by atoms with Crippen LogP contribution >= 0.6 is 0 Å². The number of para-hydroxylation sites is 2. The topological polar surface area (TPSA) is 50.8 Å². The first-order chi connectivity index (χ1) is 10.8. The number of hydrogen-bond acceptors (Lipinski definition) is 3. The molecule has 0 N–H and O–H groups in total. The van der Waals surface area contributed by atoms with Crippen LogP contribution < -0.4 is 4.74 Å². The molecule has 1 heterocycles. The summed E-state index contributed by atoms with van der Waals surface area (Å²) in [7, 11) is 1.63. The van der Waals surface area contributed by atoms with Crippen LogP contribution in [0.3, 0.4) is 0 Å². The molecule has 0 spiro atoms. The monoisotopic (exact) mass is 289 g/mol. The van der Waals surface area contributed by atoms with Gasteiger partial charge in [-0.1, -0.05) is 24.3 Å². The molecule has 1 aromatic heterocycles. The molecule has 3 aromatic rings. The highest BCUT2D eigenvalue weighted by Gasteiger charge is 2.04. The maximum Gasteiger partial charge on any atom is 0.118 e. The zero-order chi connectivity index (χ0) is 15.4. The number of rotatable bonds is 4. The predicted octanol–water partition coefficient (Wildman–Crippen LogP) is 3.65. The lowest BCUT2D eigenvalue weighted by atomic mass is 10.1. The van der Waals surface area contributed by atoms with E-state index in [1.54, 1.807) is 13.4 Å². The lowest BCUT2D eigenvalue weighted by Crippen LogP contribution is -1.98. The minimum absolute atomic E-state index is 0.503. The van der Waals surface area contributed by atoms with Gasteiger partial charge in [0, 0.05) is 5.57 Å². The summed E-state index contributed by atoms with van der Waals surface area (Å²) in [4.78, 5) is 4.35. The fourth-order valence-electron chi connectivity index (χ4n) is 2.33. The zero-order valence-corrected chi connectivity index (χ0v) is 12.2. The smallest absolute Gasteiger partial charge is 0.118 e. The Bertz CT molecular complexity index is 854. The molecule has 0 saturated heterocycles. The van der Waals surface area contributed by atoms with E-state index in [2.05, 4.69) is 11.1 Å². The number of nitriles is 1. The molecule has 4 nitrogen and oxygen atoms in total. The Morgan fingerprint density at radius 3 is 2.73 bits per heavy atom. The summed E-state index contributed by atoms with van der Waals surface area (Å²) in [6.45, 7) is 0.503. The van der Waals surface area contributed by atoms with E-state index in [1.165, 1.54) is 0 Å². The molecule has 0 unspecified atom stereocenters. The Morgan fingerprint density at radius 2 is 2.00 bits per heavy atom. The van der Waals surface area contributed by atoms with Crippen LogP contribution in [0.25, 0.3) is 17.1 Å². The fourth-order valence-corrected chi connectivity index (χ4v) is 2.33. The van der Waals surface area contributed by atoms with Crippen LogP contribution in [-0.4, -0.2) is 16.7 Å². The molecule has 0 aliphatic rings. The Balaban J connectivity index is 1.88. The van der Waals surface area contributed by atoms with Crippen molar-refractivity contribution in [2.75, 3.05) is 7.11 Å². The molecular formula is C18H15N3O. The fraction of sp³-hybridized carbons (Fsp3) is 0.111. The van der Waals surface area contributed by atoms with Gasteiger partial charge in [0.2, 0.25) is 0 Å². The molecule has 3 rings (SSSR count). The molecule has 0 aliphatic carbocycles. The van der Waals surface area contributed by atoms with E-state index < -0.39 is 0 Å². The van der Waals surface area contributed by atoms with Gasteiger partial charge in [0.15, 0.2) is 0 Å². The van der Waals surface area contributed by atoms with Crippen molar-refractivity contribution in [3.8, 4) is 11.8 Å². The van der Waals surface area contributed by atoms with Crippen LogP contribution in [0.4, 0.5) is 0 Å². The molecule has 0 atom stereocenters. The molecule has 0 aliphatic heterocycles. The highest BCUT2D eigenvalue weighted by atomic mass is 16.5. The van der Waals surface area contributed by atoms with Crippen molar-refractivity contribution >= 4 is 17.1 Å². The Labute approximate surface area is 128 Å². The van der Waals surface area contributed by atoms with E-state index in [0.29, 0.717) is 12.1 Å². The van der Waals surface area contributed by atoms with E-state index in [-0.39, 0.29) is 0 Å². The molecule has 0 saturated carbocycles. The van der Waals surface area contributed by atoms with Crippen LogP contribution in [0.5, 0.6) is 5.75 Å².